The molecular formula is C12H13F5N2. The highest BCUT2D eigenvalue weighted by Gasteiger charge is 2.27. The normalized spacial score (nSPS) is 17.8. The Morgan fingerprint density at radius 3 is 1.74 bits per heavy atom. The zero-order valence-corrected chi connectivity index (χ0v) is 10.2. The summed E-state index contributed by atoms with van der Waals surface area (Å²) in [6, 6.07) is -0.301. The average molecular weight is 280 g/mol. The molecule has 0 saturated carbocycles. The first-order chi connectivity index (χ1) is 8.91. The van der Waals surface area contributed by atoms with E-state index in [4.69, 9.17) is 0 Å². The molecule has 0 unspecified atom stereocenters. The molecule has 1 aromatic rings. The standard InChI is InChI=1S/C12H13F5N2/c1-19-4-2-6(3-5-19)18-12-10(16)8(14)7(13)9(15)11(12)17/h6,18H,2-5H2,1H3. The van der Waals surface area contributed by atoms with E-state index in [0.717, 1.165) is 0 Å². The van der Waals surface area contributed by atoms with Crippen molar-refractivity contribution < 1.29 is 22.0 Å². The first-order valence-corrected chi connectivity index (χ1v) is 5.88. The van der Waals surface area contributed by atoms with E-state index in [1.807, 2.05) is 11.9 Å². The fraction of sp³-hybridized carbons (Fsp3) is 0.500. The van der Waals surface area contributed by atoms with Crippen molar-refractivity contribution in [2.45, 2.75) is 18.9 Å². The number of hydrogen-bond donors (Lipinski definition) is 1. The first-order valence-electron chi connectivity index (χ1n) is 5.88. The molecule has 1 aliphatic heterocycles. The van der Waals surface area contributed by atoms with Crippen LogP contribution in [0.1, 0.15) is 12.8 Å². The molecule has 1 N–H and O–H groups in total. The second-order valence-electron chi connectivity index (χ2n) is 4.67. The van der Waals surface area contributed by atoms with Crippen LogP contribution in [0.15, 0.2) is 0 Å². The third-order valence-electron chi connectivity index (χ3n) is 3.28. The molecule has 2 nitrogen and oxygen atoms in total. The minimum atomic E-state index is -2.14. The zero-order chi connectivity index (χ0) is 14.2. The number of nitrogens with one attached hydrogen (secondary N) is 1. The molecule has 0 spiro atoms. The molecular weight excluding hydrogens is 267 g/mol. The predicted octanol–water partition coefficient (Wildman–Crippen LogP) is 2.89. The van der Waals surface area contributed by atoms with Crippen LogP contribution in [0.2, 0.25) is 0 Å². The molecule has 1 heterocycles. The van der Waals surface area contributed by atoms with Crippen molar-refractivity contribution in [2.24, 2.45) is 0 Å². The maximum Gasteiger partial charge on any atom is 0.200 e. The third-order valence-corrected chi connectivity index (χ3v) is 3.28. The zero-order valence-electron chi connectivity index (χ0n) is 10.2. The maximum absolute atomic E-state index is 13.4. The summed E-state index contributed by atoms with van der Waals surface area (Å²) in [5, 5.41) is 2.42. The topological polar surface area (TPSA) is 15.3 Å². The van der Waals surface area contributed by atoms with Gasteiger partial charge in [-0.15, -0.1) is 0 Å². The highest BCUT2D eigenvalue weighted by molar-refractivity contribution is 5.48. The Hall–Kier alpha value is -1.37. The fourth-order valence-electron chi connectivity index (χ4n) is 2.09. The van der Waals surface area contributed by atoms with Gasteiger partial charge in [-0.25, -0.2) is 22.0 Å². The molecule has 7 heteroatoms. The van der Waals surface area contributed by atoms with Crippen LogP contribution in [0.25, 0.3) is 0 Å². The Morgan fingerprint density at radius 2 is 1.26 bits per heavy atom. The SMILES string of the molecule is CN1CCC(Nc2c(F)c(F)c(F)c(F)c2F)CC1. The Labute approximate surface area is 107 Å². The minimum absolute atomic E-state index is 0.301. The van der Waals surface area contributed by atoms with Crippen molar-refractivity contribution in [1.82, 2.24) is 4.90 Å². The van der Waals surface area contributed by atoms with E-state index < -0.39 is 34.8 Å². The molecule has 0 amide bonds. The van der Waals surface area contributed by atoms with Crippen LogP contribution < -0.4 is 5.32 Å². The lowest BCUT2D eigenvalue weighted by atomic mass is 10.0. The number of hydrogen-bond acceptors (Lipinski definition) is 2. The van der Waals surface area contributed by atoms with Crippen LogP contribution in [0.3, 0.4) is 0 Å². The van der Waals surface area contributed by atoms with Gasteiger partial charge in [0.15, 0.2) is 23.3 Å². The molecule has 106 valence electrons. The molecule has 1 aromatic carbocycles. The van der Waals surface area contributed by atoms with E-state index in [2.05, 4.69) is 5.32 Å². The summed E-state index contributed by atoms with van der Waals surface area (Å²) in [4.78, 5) is 2.02. The Morgan fingerprint density at radius 1 is 0.842 bits per heavy atom. The van der Waals surface area contributed by atoms with Gasteiger partial charge in [-0.1, -0.05) is 0 Å². The Balaban J connectivity index is 2.25. The van der Waals surface area contributed by atoms with Gasteiger partial charge in [0, 0.05) is 6.04 Å². The quantitative estimate of drug-likeness (QED) is 0.509. The molecule has 1 saturated heterocycles. The number of rotatable bonds is 2. The number of nitrogens with zero attached hydrogens (tertiary/aromatic N) is 1. The van der Waals surface area contributed by atoms with Crippen molar-refractivity contribution in [1.29, 1.82) is 0 Å². The Kier molecular flexibility index (Phi) is 3.93. The first kappa shape index (κ1) is 14.0. The van der Waals surface area contributed by atoms with Gasteiger partial charge >= 0.3 is 0 Å². The molecule has 2 rings (SSSR count). The number of halogens is 5. The van der Waals surface area contributed by atoms with Crippen LogP contribution >= 0.6 is 0 Å². The summed E-state index contributed by atoms with van der Waals surface area (Å²) in [7, 11) is 1.90. The highest BCUT2D eigenvalue weighted by Crippen LogP contribution is 2.28. The molecule has 0 bridgehead atoms. The van der Waals surface area contributed by atoms with E-state index in [0.29, 0.717) is 25.9 Å². The molecule has 0 aliphatic carbocycles. The van der Waals surface area contributed by atoms with Crippen molar-refractivity contribution in [2.75, 3.05) is 25.5 Å². The van der Waals surface area contributed by atoms with Crippen LogP contribution in [0.4, 0.5) is 27.6 Å². The van der Waals surface area contributed by atoms with Gasteiger partial charge in [-0.05, 0) is 33.0 Å². The van der Waals surface area contributed by atoms with Gasteiger partial charge < -0.3 is 10.2 Å². The highest BCUT2D eigenvalue weighted by atomic mass is 19.2. The van der Waals surface area contributed by atoms with Gasteiger partial charge in [0.1, 0.15) is 5.69 Å². The van der Waals surface area contributed by atoms with E-state index in [1.54, 1.807) is 0 Å². The molecule has 19 heavy (non-hydrogen) atoms. The smallest absolute Gasteiger partial charge is 0.200 e. The van der Waals surface area contributed by atoms with Crippen LogP contribution in [-0.2, 0) is 0 Å². The van der Waals surface area contributed by atoms with Crippen molar-refractivity contribution in [3.8, 4) is 0 Å². The maximum atomic E-state index is 13.4. The lowest BCUT2D eigenvalue weighted by molar-refractivity contribution is 0.263. The summed E-state index contributed by atoms with van der Waals surface area (Å²) in [6.07, 6.45) is 1.16. The molecule has 0 atom stereocenters. The van der Waals surface area contributed by atoms with Gasteiger partial charge in [0.25, 0.3) is 0 Å². The van der Waals surface area contributed by atoms with E-state index in [9.17, 15) is 22.0 Å². The Bertz CT molecular complexity index is 454. The molecule has 1 aliphatic rings. The van der Waals surface area contributed by atoms with E-state index in [1.165, 1.54) is 0 Å². The van der Waals surface area contributed by atoms with Crippen LogP contribution in [0, 0.1) is 29.1 Å². The van der Waals surface area contributed by atoms with Gasteiger partial charge in [-0.3, -0.25) is 0 Å². The van der Waals surface area contributed by atoms with Crippen molar-refractivity contribution in [3.05, 3.63) is 29.1 Å². The monoisotopic (exact) mass is 280 g/mol. The van der Waals surface area contributed by atoms with Gasteiger partial charge in [0.05, 0.1) is 0 Å². The summed E-state index contributed by atoms with van der Waals surface area (Å²) < 4.78 is 65.8. The summed E-state index contributed by atoms with van der Waals surface area (Å²) in [6.45, 7) is 1.40. The minimum Gasteiger partial charge on any atom is -0.377 e. The molecule has 0 radical (unpaired) electrons. The average Bonchev–Trinajstić information content (AvgIpc) is 2.41. The van der Waals surface area contributed by atoms with Gasteiger partial charge in [0.2, 0.25) is 5.82 Å². The summed E-state index contributed by atoms with van der Waals surface area (Å²) >= 11 is 0. The number of piperidine rings is 1. The van der Waals surface area contributed by atoms with Crippen molar-refractivity contribution >= 4 is 5.69 Å². The largest absolute Gasteiger partial charge is 0.377 e. The van der Waals surface area contributed by atoms with Gasteiger partial charge in [-0.2, -0.15) is 0 Å². The molecule has 0 aromatic heterocycles. The second-order valence-corrected chi connectivity index (χ2v) is 4.67. The predicted molar refractivity (Wildman–Crippen MR) is 60.4 cm³/mol. The fourth-order valence-corrected chi connectivity index (χ4v) is 2.09. The van der Waals surface area contributed by atoms with Crippen molar-refractivity contribution in [3.63, 3.8) is 0 Å². The molecule has 1 fully saturated rings. The van der Waals surface area contributed by atoms with E-state index >= 15 is 0 Å². The number of likely N-dealkylation sites (tertiary alicyclic amines) is 1. The summed E-state index contributed by atoms with van der Waals surface area (Å²) in [5.74, 6) is -9.60. The lowest BCUT2D eigenvalue weighted by Gasteiger charge is -2.30. The second kappa shape index (κ2) is 5.32. The van der Waals surface area contributed by atoms with Crippen LogP contribution in [0.5, 0.6) is 0 Å². The third kappa shape index (κ3) is 2.65. The number of anilines is 1. The van der Waals surface area contributed by atoms with Crippen LogP contribution in [-0.4, -0.2) is 31.1 Å². The lowest BCUT2D eigenvalue weighted by Crippen LogP contribution is -2.37. The summed E-state index contributed by atoms with van der Waals surface area (Å²) in [5.41, 5.74) is -0.939. The number of benzene rings is 1. The van der Waals surface area contributed by atoms with E-state index in [-0.39, 0.29) is 6.04 Å².